The van der Waals surface area contributed by atoms with E-state index in [0.717, 1.165) is 56.5 Å². The molecule has 7 heteroatoms. The van der Waals surface area contributed by atoms with Crippen LogP contribution in [0.4, 0.5) is 0 Å². The van der Waals surface area contributed by atoms with Gasteiger partial charge in [0.2, 0.25) is 0 Å². The standard InChI is InChI=1S/C34H48N2O5/c37-28-31(29-15-9-8-10-16-29)27-36-21-20-35-26-30-25-32(18-19-33(30)38)39-22-12-6-4-2-1-3-5-7-13-23-40-34-17-11-14-24-41-34/h8-10,15-16,18-19,25-28,31,34,38H,1-7,11-14,17,20-24H2. The first kappa shape index (κ1) is 32.5. The van der Waals surface area contributed by atoms with Crippen molar-refractivity contribution in [1.29, 1.82) is 0 Å². The van der Waals surface area contributed by atoms with E-state index in [2.05, 4.69) is 9.98 Å². The van der Waals surface area contributed by atoms with Gasteiger partial charge in [0, 0.05) is 31.2 Å². The van der Waals surface area contributed by atoms with Crippen molar-refractivity contribution in [2.75, 3.05) is 32.9 Å². The van der Waals surface area contributed by atoms with Crippen LogP contribution in [0.25, 0.3) is 0 Å². The first-order valence-electron chi connectivity index (χ1n) is 15.5. The summed E-state index contributed by atoms with van der Waals surface area (Å²) >= 11 is 0. The zero-order chi connectivity index (χ0) is 28.8. The normalized spacial score (nSPS) is 16.3. The summed E-state index contributed by atoms with van der Waals surface area (Å²) in [7, 11) is 0. The molecule has 224 valence electrons. The highest BCUT2D eigenvalue weighted by molar-refractivity contribution is 5.87. The molecule has 2 unspecified atom stereocenters. The third kappa shape index (κ3) is 13.9. The molecule has 0 saturated carbocycles. The molecular weight excluding hydrogens is 516 g/mol. The van der Waals surface area contributed by atoms with E-state index in [9.17, 15) is 9.90 Å². The average molecular weight is 565 g/mol. The van der Waals surface area contributed by atoms with Gasteiger partial charge in [0.25, 0.3) is 0 Å². The highest BCUT2D eigenvalue weighted by atomic mass is 16.7. The van der Waals surface area contributed by atoms with Gasteiger partial charge >= 0.3 is 0 Å². The Bertz CT molecular complexity index is 1020. The number of phenols is 1. The summed E-state index contributed by atoms with van der Waals surface area (Å²) in [4.78, 5) is 20.1. The van der Waals surface area contributed by atoms with Gasteiger partial charge in [-0.25, -0.2) is 0 Å². The van der Waals surface area contributed by atoms with E-state index in [1.54, 1.807) is 24.6 Å². The Morgan fingerprint density at radius 3 is 2.29 bits per heavy atom. The highest BCUT2D eigenvalue weighted by Crippen LogP contribution is 2.22. The fourth-order valence-corrected chi connectivity index (χ4v) is 4.76. The summed E-state index contributed by atoms with van der Waals surface area (Å²) in [5, 5.41) is 10.2. The molecule has 3 rings (SSSR count). The van der Waals surface area contributed by atoms with E-state index in [4.69, 9.17) is 14.2 Å². The summed E-state index contributed by atoms with van der Waals surface area (Å²) in [6.07, 6.45) is 18.6. The second-order valence-corrected chi connectivity index (χ2v) is 10.6. The summed E-state index contributed by atoms with van der Waals surface area (Å²) in [5.74, 6) is 0.555. The van der Waals surface area contributed by atoms with Crippen molar-refractivity contribution in [3.63, 3.8) is 0 Å². The van der Waals surface area contributed by atoms with Crippen LogP contribution in [0.2, 0.25) is 0 Å². The molecule has 2 aromatic carbocycles. The van der Waals surface area contributed by atoms with Gasteiger partial charge in [-0.2, -0.15) is 0 Å². The molecule has 1 heterocycles. The van der Waals surface area contributed by atoms with Crippen LogP contribution in [0.5, 0.6) is 11.5 Å². The average Bonchev–Trinajstić information content (AvgIpc) is 3.01. The van der Waals surface area contributed by atoms with Crippen LogP contribution in [0, 0.1) is 0 Å². The maximum absolute atomic E-state index is 11.4. The molecule has 0 aliphatic carbocycles. The Morgan fingerprint density at radius 2 is 1.59 bits per heavy atom. The zero-order valence-corrected chi connectivity index (χ0v) is 24.5. The Balaban J connectivity index is 1.19. The predicted molar refractivity (Wildman–Crippen MR) is 166 cm³/mol. The number of hydrogen-bond acceptors (Lipinski definition) is 7. The van der Waals surface area contributed by atoms with Crippen molar-refractivity contribution in [2.45, 2.75) is 89.3 Å². The second-order valence-electron chi connectivity index (χ2n) is 10.6. The first-order valence-corrected chi connectivity index (χ1v) is 15.5. The SMILES string of the molecule is O=CC(C=NCCN=Cc1cc(OCCCCCCCCCCCOC2CCCCO2)ccc1O)c1ccccc1. The van der Waals surface area contributed by atoms with Gasteiger partial charge in [0.05, 0.1) is 25.6 Å². The van der Waals surface area contributed by atoms with Gasteiger partial charge in [-0.1, -0.05) is 75.3 Å². The minimum Gasteiger partial charge on any atom is -0.507 e. The monoisotopic (exact) mass is 564 g/mol. The van der Waals surface area contributed by atoms with Crippen molar-refractivity contribution in [1.82, 2.24) is 0 Å². The smallest absolute Gasteiger partial charge is 0.157 e. The summed E-state index contributed by atoms with van der Waals surface area (Å²) in [5.41, 5.74) is 1.54. The third-order valence-electron chi connectivity index (χ3n) is 7.18. The zero-order valence-electron chi connectivity index (χ0n) is 24.5. The Kier molecular flexibility index (Phi) is 16.5. The number of benzene rings is 2. The number of hydrogen-bond donors (Lipinski definition) is 1. The number of carbonyl (C=O) groups is 1. The van der Waals surface area contributed by atoms with Crippen LogP contribution in [0.1, 0.15) is 94.1 Å². The topological polar surface area (TPSA) is 89.7 Å². The van der Waals surface area contributed by atoms with E-state index >= 15 is 0 Å². The van der Waals surface area contributed by atoms with Crippen molar-refractivity contribution in [3.05, 3.63) is 59.7 Å². The van der Waals surface area contributed by atoms with Crippen molar-refractivity contribution < 1.29 is 24.1 Å². The van der Waals surface area contributed by atoms with Crippen LogP contribution < -0.4 is 4.74 Å². The maximum Gasteiger partial charge on any atom is 0.157 e. The minimum atomic E-state index is -0.347. The lowest BCUT2D eigenvalue weighted by atomic mass is 10.0. The van der Waals surface area contributed by atoms with E-state index < -0.39 is 0 Å². The fourth-order valence-electron chi connectivity index (χ4n) is 4.76. The third-order valence-corrected chi connectivity index (χ3v) is 7.18. The van der Waals surface area contributed by atoms with E-state index in [1.165, 1.54) is 51.4 Å². The molecule has 0 aromatic heterocycles. The van der Waals surface area contributed by atoms with Gasteiger partial charge in [0.1, 0.15) is 17.8 Å². The molecule has 0 amide bonds. The van der Waals surface area contributed by atoms with E-state index in [-0.39, 0.29) is 18.0 Å². The molecule has 1 N–H and O–H groups in total. The molecule has 41 heavy (non-hydrogen) atoms. The Hall–Kier alpha value is -3.03. The molecule has 2 atom stereocenters. The fraction of sp³-hybridized carbons (Fsp3) is 0.559. The van der Waals surface area contributed by atoms with Crippen LogP contribution in [-0.2, 0) is 14.3 Å². The molecule has 2 aromatic rings. The number of aldehydes is 1. The largest absolute Gasteiger partial charge is 0.507 e. The Morgan fingerprint density at radius 1 is 0.878 bits per heavy atom. The number of aromatic hydroxyl groups is 1. The number of rotatable bonds is 21. The maximum atomic E-state index is 11.4. The molecular formula is C34H48N2O5. The number of aliphatic imine (C=N–C) groups is 2. The minimum absolute atomic E-state index is 0.0454. The second kappa shape index (κ2) is 20.8. The summed E-state index contributed by atoms with van der Waals surface area (Å²) in [6, 6.07) is 14.8. The molecule has 0 bridgehead atoms. The lowest BCUT2D eigenvalue weighted by molar-refractivity contribution is -0.162. The van der Waals surface area contributed by atoms with Gasteiger partial charge in [0.15, 0.2) is 6.29 Å². The van der Waals surface area contributed by atoms with Gasteiger partial charge in [-0.15, -0.1) is 0 Å². The van der Waals surface area contributed by atoms with E-state index in [1.807, 2.05) is 36.4 Å². The number of carbonyl (C=O) groups excluding carboxylic acids is 1. The van der Waals surface area contributed by atoms with Crippen LogP contribution >= 0.6 is 0 Å². The molecule has 1 fully saturated rings. The van der Waals surface area contributed by atoms with E-state index in [0.29, 0.717) is 25.3 Å². The van der Waals surface area contributed by atoms with Gasteiger partial charge in [-0.3, -0.25) is 9.98 Å². The molecule has 0 radical (unpaired) electrons. The van der Waals surface area contributed by atoms with Crippen molar-refractivity contribution in [3.8, 4) is 11.5 Å². The van der Waals surface area contributed by atoms with Gasteiger partial charge < -0.3 is 24.1 Å². The molecule has 1 aliphatic heterocycles. The molecule has 1 aliphatic rings. The Labute approximate surface area is 246 Å². The van der Waals surface area contributed by atoms with Crippen molar-refractivity contribution >= 4 is 18.7 Å². The van der Waals surface area contributed by atoms with Crippen LogP contribution in [-0.4, -0.2) is 63.0 Å². The number of ether oxygens (including phenoxy) is 3. The molecule has 1 saturated heterocycles. The number of nitrogens with zero attached hydrogens (tertiary/aromatic N) is 2. The number of unbranched alkanes of at least 4 members (excludes halogenated alkanes) is 8. The number of phenolic OH excluding ortho intramolecular Hbond substituents is 1. The summed E-state index contributed by atoms with van der Waals surface area (Å²) < 4.78 is 17.3. The summed E-state index contributed by atoms with van der Waals surface area (Å²) in [6.45, 7) is 3.28. The lowest BCUT2D eigenvalue weighted by Gasteiger charge is -2.22. The van der Waals surface area contributed by atoms with Crippen molar-refractivity contribution in [2.24, 2.45) is 9.98 Å². The quantitative estimate of drug-likeness (QED) is 0.0976. The van der Waals surface area contributed by atoms with Crippen LogP contribution in [0.15, 0.2) is 58.5 Å². The molecule has 0 spiro atoms. The van der Waals surface area contributed by atoms with Gasteiger partial charge in [-0.05, 0) is 55.9 Å². The molecule has 7 nitrogen and oxygen atoms in total. The lowest BCUT2D eigenvalue weighted by Crippen LogP contribution is -2.22. The van der Waals surface area contributed by atoms with Crippen LogP contribution in [0.3, 0.4) is 0 Å². The first-order chi connectivity index (χ1) is 20.3. The predicted octanol–water partition coefficient (Wildman–Crippen LogP) is 7.30. The highest BCUT2D eigenvalue weighted by Gasteiger charge is 2.13.